The molecule has 0 saturated heterocycles. The van der Waals surface area contributed by atoms with Crippen molar-refractivity contribution in [1.82, 2.24) is 5.32 Å². The fourth-order valence-corrected chi connectivity index (χ4v) is 2.81. The molecular weight excluding hydrogens is 421 g/mol. The van der Waals surface area contributed by atoms with Gasteiger partial charge in [0.2, 0.25) is 0 Å². The zero-order chi connectivity index (χ0) is 20.8. The predicted octanol–water partition coefficient (Wildman–Crippen LogP) is 3.12. The molecule has 2 amide bonds. The van der Waals surface area contributed by atoms with E-state index in [1.54, 1.807) is 6.07 Å². The molecule has 27 heavy (non-hydrogen) atoms. The second kappa shape index (κ2) is 9.80. The van der Waals surface area contributed by atoms with Crippen molar-refractivity contribution in [3.8, 4) is 0 Å². The third-order valence-corrected chi connectivity index (χ3v) is 4.36. The van der Waals surface area contributed by atoms with Crippen molar-refractivity contribution in [2.75, 3.05) is 5.32 Å². The number of ketones is 1. The molecule has 0 aromatic heterocycles. The summed E-state index contributed by atoms with van der Waals surface area (Å²) in [7, 11) is 0. The van der Waals surface area contributed by atoms with Gasteiger partial charge >= 0.3 is 12.0 Å². The predicted molar refractivity (Wildman–Crippen MR) is 104 cm³/mol. The van der Waals surface area contributed by atoms with Crippen LogP contribution in [0.4, 0.5) is 14.9 Å². The second-order valence-electron chi connectivity index (χ2n) is 6.64. The number of nitrogens with one attached hydrogen (secondary N) is 2. The van der Waals surface area contributed by atoms with Crippen molar-refractivity contribution < 1.29 is 23.5 Å². The molecule has 150 valence electrons. The fraction of sp³-hybridized carbons (Fsp3) is 0.500. The van der Waals surface area contributed by atoms with Crippen molar-refractivity contribution in [1.29, 1.82) is 0 Å². The van der Waals surface area contributed by atoms with E-state index in [0.29, 0.717) is 17.3 Å². The quantitative estimate of drug-likeness (QED) is 0.532. The second-order valence-corrected chi connectivity index (χ2v) is 7.56. The maximum absolute atomic E-state index is 13.9. The van der Waals surface area contributed by atoms with E-state index in [4.69, 9.17) is 10.5 Å². The number of urea groups is 1. The van der Waals surface area contributed by atoms with Crippen LogP contribution in [-0.2, 0) is 14.3 Å². The molecule has 0 aliphatic rings. The number of amides is 2. The molecular formula is C18H25BrFN3O4. The van der Waals surface area contributed by atoms with Gasteiger partial charge in [0.1, 0.15) is 17.5 Å². The van der Waals surface area contributed by atoms with E-state index >= 15 is 0 Å². The van der Waals surface area contributed by atoms with Crippen LogP contribution in [0.2, 0.25) is 0 Å². The highest BCUT2D eigenvalue weighted by Gasteiger charge is 2.38. The third-order valence-electron chi connectivity index (χ3n) is 3.87. The molecule has 1 rings (SSSR count). The lowest BCUT2D eigenvalue weighted by Gasteiger charge is -2.32. The van der Waals surface area contributed by atoms with Gasteiger partial charge in [-0.05, 0) is 38.5 Å². The molecule has 0 spiro atoms. The van der Waals surface area contributed by atoms with E-state index in [-0.39, 0.29) is 5.69 Å². The molecule has 1 aromatic carbocycles. The largest absolute Gasteiger partial charge is 0.458 e. The molecule has 0 radical (unpaired) electrons. The Kier molecular flexibility index (Phi) is 8.36. The van der Waals surface area contributed by atoms with Crippen molar-refractivity contribution >= 4 is 39.4 Å². The normalized spacial score (nSPS) is 13.4. The first kappa shape index (κ1) is 23.0. The molecule has 0 bridgehead atoms. The maximum atomic E-state index is 13.9. The fourth-order valence-electron chi connectivity index (χ4n) is 2.47. The molecule has 4 N–H and O–H groups in total. The Morgan fingerprint density at radius 1 is 1.33 bits per heavy atom. The van der Waals surface area contributed by atoms with Crippen LogP contribution in [0.1, 0.15) is 40.5 Å². The number of rotatable bonds is 8. The smallest absolute Gasteiger partial charge is 0.319 e. The van der Waals surface area contributed by atoms with Crippen LogP contribution in [0, 0.1) is 5.82 Å². The minimum Gasteiger partial charge on any atom is -0.458 e. The van der Waals surface area contributed by atoms with Gasteiger partial charge in [-0.15, -0.1) is 0 Å². The van der Waals surface area contributed by atoms with Gasteiger partial charge in [0, 0.05) is 11.4 Å². The summed E-state index contributed by atoms with van der Waals surface area (Å²) in [5.74, 6) is -1.66. The molecule has 0 aliphatic carbocycles. The number of anilines is 1. The summed E-state index contributed by atoms with van der Waals surface area (Å²) < 4.78 is 19.5. The van der Waals surface area contributed by atoms with Gasteiger partial charge in [0.15, 0.2) is 5.78 Å². The van der Waals surface area contributed by atoms with Gasteiger partial charge in [0.25, 0.3) is 0 Å². The van der Waals surface area contributed by atoms with Crippen molar-refractivity contribution in [2.24, 2.45) is 5.73 Å². The van der Waals surface area contributed by atoms with Crippen molar-refractivity contribution in [3.05, 3.63) is 28.5 Å². The Bertz CT molecular complexity index is 712. The van der Waals surface area contributed by atoms with Crippen LogP contribution in [-0.4, -0.2) is 35.5 Å². The maximum Gasteiger partial charge on any atom is 0.319 e. The van der Waals surface area contributed by atoms with Gasteiger partial charge < -0.3 is 21.1 Å². The number of ether oxygens (including phenoxy) is 1. The van der Waals surface area contributed by atoms with Crippen LogP contribution >= 0.6 is 15.9 Å². The average Bonchev–Trinajstić information content (AvgIpc) is 2.54. The molecule has 2 unspecified atom stereocenters. The topological polar surface area (TPSA) is 111 Å². The van der Waals surface area contributed by atoms with E-state index in [0.717, 1.165) is 0 Å². The lowest BCUT2D eigenvalue weighted by atomic mass is 9.90. The molecule has 9 heteroatoms. The van der Waals surface area contributed by atoms with Gasteiger partial charge in [-0.2, -0.15) is 0 Å². The first-order valence-corrected chi connectivity index (χ1v) is 9.28. The Hall–Kier alpha value is -2.00. The number of nitrogens with two attached hydrogens (primary N) is 1. The monoisotopic (exact) mass is 445 g/mol. The summed E-state index contributed by atoms with van der Waals surface area (Å²) in [6.07, 6.45) is 0.934. The number of hydrogen-bond acceptors (Lipinski definition) is 5. The Morgan fingerprint density at radius 3 is 2.48 bits per heavy atom. The number of benzene rings is 1. The minimum atomic E-state index is -1.23. The SMILES string of the molecule is CCCC(NC(=O)Nc1ccc(Br)cc1F)C(=O)C(N)C(C)(C)OC(C)=O. The lowest BCUT2D eigenvalue weighted by Crippen LogP contribution is -2.58. The summed E-state index contributed by atoms with van der Waals surface area (Å²) in [6.45, 7) is 6.12. The highest BCUT2D eigenvalue weighted by atomic mass is 79.9. The molecule has 7 nitrogen and oxygen atoms in total. The molecule has 1 aromatic rings. The molecule has 0 saturated carbocycles. The highest BCUT2D eigenvalue weighted by Crippen LogP contribution is 2.20. The van der Waals surface area contributed by atoms with Crippen LogP contribution in [0.5, 0.6) is 0 Å². The lowest BCUT2D eigenvalue weighted by molar-refractivity contribution is -0.157. The highest BCUT2D eigenvalue weighted by molar-refractivity contribution is 9.10. The summed E-state index contributed by atoms with van der Waals surface area (Å²) in [4.78, 5) is 36.1. The van der Waals surface area contributed by atoms with Crippen LogP contribution in [0.25, 0.3) is 0 Å². The third kappa shape index (κ3) is 6.91. The van der Waals surface area contributed by atoms with Crippen molar-refractivity contribution in [3.63, 3.8) is 0 Å². The number of carbonyl (C=O) groups excluding carboxylic acids is 3. The molecule has 0 heterocycles. The zero-order valence-corrected chi connectivity index (χ0v) is 17.4. The van der Waals surface area contributed by atoms with Crippen LogP contribution < -0.4 is 16.4 Å². The Balaban J connectivity index is 2.86. The van der Waals surface area contributed by atoms with E-state index < -0.39 is 41.3 Å². The Morgan fingerprint density at radius 2 is 1.96 bits per heavy atom. The van der Waals surface area contributed by atoms with Gasteiger partial charge in [-0.3, -0.25) is 9.59 Å². The van der Waals surface area contributed by atoms with Crippen LogP contribution in [0.3, 0.4) is 0 Å². The van der Waals surface area contributed by atoms with Gasteiger partial charge in [-0.25, -0.2) is 9.18 Å². The van der Waals surface area contributed by atoms with E-state index in [1.807, 2.05) is 6.92 Å². The average molecular weight is 446 g/mol. The van der Waals surface area contributed by atoms with Gasteiger partial charge in [-0.1, -0.05) is 29.3 Å². The van der Waals surface area contributed by atoms with E-state index in [9.17, 15) is 18.8 Å². The molecule has 0 fully saturated rings. The number of carbonyl (C=O) groups is 3. The Labute approximate surface area is 166 Å². The molecule has 0 aliphatic heterocycles. The number of esters is 1. The summed E-state index contributed by atoms with van der Waals surface area (Å²) in [5.41, 5.74) is 4.72. The van der Waals surface area contributed by atoms with Gasteiger partial charge in [0.05, 0.1) is 11.7 Å². The first-order chi connectivity index (χ1) is 12.5. The van der Waals surface area contributed by atoms with Crippen molar-refractivity contribution in [2.45, 2.75) is 58.2 Å². The standard InChI is InChI=1S/C18H25BrFN3O4/c1-5-6-14(15(25)16(21)18(3,4)27-10(2)24)23-17(26)22-13-8-7-11(19)9-12(13)20/h7-9,14,16H,5-6,21H2,1-4H3,(H2,22,23,26). The number of hydrogen-bond donors (Lipinski definition) is 3. The zero-order valence-electron chi connectivity index (χ0n) is 15.8. The summed E-state index contributed by atoms with van der Waals surface area (Å²) in [6, 6.07) is 1.40. The number of halogens is 2. The molecule has 2 atom stereocenters. The van der Waals surface area contributed by atoms with Crippen LogP contribution in [0.15, 0.2) is 22.7 Å². The minimum absolute atomic E-state index is 0.0251. The number of Topliss-reactive ketones (excluding diaryl/α,β-unsaturated/α-hetero) is 1. The summed E-state index contributed by atoms with van der Waals surface area (Å²) in [5, 5.41) is 4.88. The van der Waals surface area contributed by atoms with E-state index in [1.165, 1.54) is 32.9 Å². The van der Waals surface area contributed by atoms with E-state index in [2.05, 4.69) is 26.6 Å². The summed E-state index contributed by atoms with van der Waals surface area (Å²) >= 11 is 3.13. The first-order valence-electron chi connectivity index (χ1n) is 8.49.